The molecule has 1 saturated heterocycles. The van der Waals surface area contributed by atoms with Gasteiger partial charge in [0.2, 0.25) is 5.91 Å². The predicted molar refractivity (Wildman–Crippen MR) is 133 cm³/mol. The van der Waals surface area contributed by atoms with Gasteiger partial charge in [0.15, 0.2) is 0 Å². The number of carbonyl (C=O) groups excluding carboxylic acids is 1. The minimum Gasteiger partial charge on any atom is -0.490 e. The van der Waals surface area contributed by atoms with Crippen molar-refractivity contribution in [2.75, 3.05) is 18.5 Å². The summed E-state index contributed by atoms with van der Waals surface area (Å²) >= 11 is 0. The van der Waals surface area contributed by atoms with E-state index in [2.05, 4.69) is 53.1 Å². The van der Waals surface area contributed by atoms with Crippen LogP contribution in [0, 0.1) is 0 Å². The van der Waals surface area contributed by atoms with E-state index >= 15 is 0 Å². The van der Waals surface area contributed by atoms with Gasteiger partial charge in [-0.05, 0) is 61.9 Å². The number of nitrogens with one attached hydrogen (secondary N) is 2. The van der Waals surface area contributed by atoms with E-state index in [4.69, 9.17) is 4.74 Å². The molecule has 2 heterocycles. The van der Waals surface area contributed by atoms with Crippen molar-refractivity contribution in [3.8, 4) is 5.75 Å². The molecule has 3 aliphatic rings. The quantitative estimate of drug-likeness (QED) is 0.639. The number of aryl methyl sites for hydroxylation is 1. The lowest BCUT2D eigenvalue weighted by atomic mass is 9.92. The van der Waals surface area contributed by atoms with E-state index in [1.165, 1.54) is 17.5 Å². The number of amides is 1. The molecule has 0 unspecified atom stereocenters. The summed E-state index contributed by atoms with van der Waals surface area (Å²) in [6.45, 7) is 1.80. The largest absolute Gasteiger partial charge is 0.490 e. The molecule has 174 valence electrons. The minimum atomic E-state index is 0. The van der Waals surface area contributed by atoms with Crippen molar-refractivity contribution in [2.24, 2.45) is 0 Å². The molecule has 2 aliphatic heterocycles. The lowest BCUT2D eigenvalue weighted by Crippen LogP contribution is -2.45. The Kier molecular flexibility index (Phi) is 8.45. The third kappa shape index (κ3) is 5.40. The molecule has 0 spiro atoms. The Hall–Kier alpha value is -1.79. The second-order valence-corrected chi connectivity index (χ2v) is 8.83. The first kappa shape index (κ1) is 24.8. The van der Waals surface area contributed by atoms with Crippen molar-refractivity contribution in [1.29, 1.82) is 0 Å². The fraction of sp³-hybridized carbons (Fsp3) is 0.480. The average molecular weight is 478 g/mol. The van der Waals surface area contributed by atoms with Crippen molar-refractivity contribution in [1.82, 2.24) is 10.6 Å². The predicted octanol–water partition coefficient (Wildman–Crippen LogP) is 4.56. The Bertz CT molecular complexity index is 921. The summed E-state index contributed by atoms with van der Waals surface area (Å²) in [6, 6.07) is 15.7. The van der Waals surface area contributed by atoms with Gasteiger partial charge in [0, 0.05) is 43.3 Å². The van der Waals surface area contributed by atoms with Crippen LogP contribution in [0.2, 0.25) is 0 Å². The Morgan fingerprint density at radius 1 is 1.09 bits per heavy atom. The number of rotatable bonds is 6. The van der Waals surface area contributed by atoms with Crippen molar-refractivity contribution in [2.45, 2.75) is 63.3 Å². The number of anilines is 1. The van der Waals surface area contributed by atoms with Crippen molar-refractivity contribution in [3.63, 3.8) is 0 Å². The molecule has 0 aromatic heterocycles. The van der Waals surface area contributed by atoms with Gasteiger partial charge in [0.1, 0.15) is 5.75 Å². The van der Waals surface area contributed by atoms with Gasteiger partial charge in [0.05, 0.1) is 6.10 Å². The molecule has 2 fully saturated rings. The van der Waals surface area contributed by atoms with E-state index < -0.39 is 0 Å². The zero-order valence-corrected chi connectivity index (χ0v) is 20.1. The summed E-state index contributed by atoms with van der Waals surface area (Å²) in [5, 5.41) is 7.50. The minimum absolute atomic E-state index is 0. The summed E-state index contributed by atoms with van der Waals surface area (Å²) < 4.78 is 6.28. The molecule has 32 heavy (non-hydrogen) atoms. The molecule has 1 aliphatic carbocycles. The number of carbonyl (C=O) groups is 1. The number of halogens is 2. The second kappa shape index (κ2) is 10.9. The summed E-state index contributed by atoms with van der Waals surface area (Å²) in [6.07, 6.45) is 6.35. The van der Waals surface area contributed by atoms with Crippen LogP contribution in [0.5, 0.6) is 5.75 Å². The smallest absolute Gasteiger partial charge is 0.227 e. The van der Waals surface area contributed by atoms with Crippen LogP contribution in [0.25, 0.3) is 0 Å². The molecule has 2 aromatic rings. The number of piperidine rings is 1. The van der Waals surface area contributed by atoms with Crippen LogP contribution in [0.4, 0.5) is 5.69 Å². The van der Waals surface area contributed by atoms with Gasteiger partial charge in [0.25, 0.3) is 0 Å². The van der Waals surface area contributed by atoms with Gasteiger partial charge < -0.3 is 20.3 Å². The highest BCUT2D eigenvalue weighted by Crippen LogP contribution is 2.37. The number of benzene rings is 2. The highest BCUT2D eigenvalue weighted by atomic mass is 35.5. The zero-order chi connectivity index (χ0) is 20.5. The van der Waals surface area contributed by atoms with Gasteiger partial charge in [-0.25, -0.2) is 0 Å². The Balaban J connectivity index is 0.00000144. The third-order valence-electron chi connectivity index (χ3n) is 6.60. The zero-order valence-electron chi connectivity index (χ0n) is 18.5. The van der Waals surface area contributed by atoms with E-state index in [9.17, 15) is 4.79 Å². The first-order chi connectivity index (χ1) is 14.7. The first-order valence-electron chi connectivity index (χ1n) is 11.3. The van der Waals surface area contributed by atoms with E-state index in [-0.39, 0.29) is 30.7 Å². The van der Waals surface area contributed by atoms with Gasteiger partial charge >= 0.3 is 0 Å². The number of fused-ring (bicyclic) bond motifs is 1. The normalized spacial score (nSPS) is 22.4. The topological polar surface area (TPSA) is 53.6 Å². The van der Waals surface area contributed by atoms with Gasteiger partial charge in [-0.15, -0.1) is 24.8 Å². The number of ether oxygens (including phenoxy) is 1. The Morgan fingerprint density at radius 2 is 1.88 bits per heavy atom. The van der Waals surface area contributed by atoms with Crippen LogP contribution in [0.15, 0.2) is 42.5 Å². The lowest BCUT2D eigenvalue weighted by molar-refractivity contribution is -0.118. The highest BCUT2D eigenvalue weighted by molar-refractivity contribution is 5.96. The molecule has 1 amide bonds. The third-order valence-corrected chi connectivity index (χ3v) is 6.60. The maximum Gasteiger partial charge on any atom is 0.227 e. The van der Waals surface area contributed by atoms with E-state index in [0.29, 0.717) is 24.6 Å². The van der Waals surface area contributed by atoms with Crippen LogP contribution in [0.1, 0.15) is 54.8 Å². The molecular weight excluding hydrogens is 445 g/mol. The molecule has 5 rings (SSSR count). The van der Waals surface area contributed by atoms with E-state index in [1.807, 2.05) is 7.05 Å². The van der Waals surface area contributed by atoms with E-state index in [0.717, 1.165) is 55.8 Å². The molecular formula is C25H33Cl2N3O2. The number of hydrogen-bond acceptors (Lipinski definition) is 4. The highest BCUT2D eigenvalue weighted by Gasteiger charge is 2.29. The van der Waals surface area contributed by atoms with Crippen molar-refractivity contribution < 1.29 is 9.53 Å². The molecule has 0 bridgehead atoms. The molecule has 7 heteroatoms. The van der Waals surface area contributed by atoms with Crippen LogP contribution >= 0.6 is 24.8 Å². The molecule has 2 N–H and O–H groups in total. The molecule has 2 atom stereocenters. The van der Waals surface area contributed by atoms with Crippen LogP contribution in [-0.4, -0.2) is 31.6 Å². The first-order valence-corrected chi connectivity index (χ1v) is 11.3. The molecule has 2 aromatic carbocycles. The van der Waals surface area contributed by atoms with E-state index in [1.54, 1.807) is 4.90 Å². The fourth-order valence-electron chi connectivity index (χ4n) is 4.68. The molecule has 5 nitrogen and oxygen atoms in total. The lowest BCUT2D eigenvalue weighted by Gasteiger charge is -2.34. The van der Waals surface area contributed by atoms with Gasteiger partial charge in [-0.3, -0.25) is 4.79 Å². The number of nitrogens with zero attached hydrogens (tertiary/aromatic N) is 1. The van der Waals surface area contributed by atoms with Gasteiger partial charge in [-0.1, -0.05) is 30.3 Å². The van der Waals surface area contributed by atoms with Crippen LogP contribution in [-0.2, 0) is 17.8 Å². The summed E-state index contributed by atoms with van der Waals surface area (Å²) in [5.41, 5.74) is 4.74. The summed E-state index contributed by atoms with van der Waals surface area (Å²) in [7, 11) is 1.88. The maximum absolute atomic E-state index is 12.2. The summed E-state index contributed by atoms with van der Waals surface area (Å²) in [5.74, 6) is 1.18. The van der Waals surface area contributed by atoms with Crippen LogP contribution in [0.3, 0.4) is 0 Å². The van der Waals surface area contributed by atoms with Crippen molar-refractivity contribution >= 4 is 36.4 Å². The van der Waals surface area contributed by atoms with Crippen LogP contribution < -0.4 is 20.3 Å². The standard InChI is InChI=1S/C25H31N3O2.2ClH/c1-28-22-14-19(23(30-20-10-11-20)15-18(22)9-12-24(28)29)16-27-21-8-5-13-26-25(21)17-6-3-2-4-7-17;;/h2-4,6-7,14-15,20-21,25-27H,5,8-13,16H2,1H3;2*1H/t21-,25-;;/m0../s1. The molecule has 1 saturated carbocycles. The molecule has 0 radical (unpaired) electrons. The summed E-state index contributed by atoms with van der Waals surface area (Å²) in [4.78, 5) is 14.0. The average Bonchev–Trinajstić information content (AvgIpc) is 3.60. The van der Waals surface area contributed by atoms with Crippen molar-refractivity contribution in [3.05, 3.63) is 59.2 Å². The Labute approximate surface area is 203 Å². The SMILES string of the molecule is CN1C(=O)CCc2cc(OC3CC3)c(CN[C@H]3CCCN[C@H]3c3ccccc3)cc21.Cl.Cl. The Morgan fingerprint density at radius 3 is 2.62 bits per heavy atom. The number of hydrogen-bond donors (Lipinski definition) is 2. The fourth-order valence-corrected chi connectivity index (χ4v) is 4.68. The van der Waals surface area contributed by atoms with Gasteiger partial charge in [-0.2, -0.15) is 0 Å². The second-order valence-electron chi connectivity index (χ2n) is 8.83. The maximum atomic E-state index is 12.2. The monoisotopic (exact) mass is 477 g/mol.